The van der Waals surface area contributed by atoms with Crippen LogP contribution in [0.4, 0.5) is 13.2 Å². The number of aliphatic hydroxyl groups is 1. The van der Waals surface area contributed by atoms with Crippen LogP contribution < -0.4 is 0 Å². The maximum atomic E-state index is 13.7. The second-order valence-electron chi connectivity index (χ2n) is 10.3. The summed E-state index contributed by atoms with van der Waals surface area (Å²) in [7, 11) is 0. The number of halogens is 3. The summed E-state index contributed by atoms with van der Waals surface area (Å²) in [5.74, 6) is -1.87. The molecule has 0 heterocycles. The largest absolute Gasteiger partial charge is 0.398 e. The Hall–Kier alpha value is -0.580. The van der Waals surface area contributed by atoms with Crippen molar-refractivity contribution in [3.63, 3.8) is 0 Å². The SMILES string of the molecule is C[C@]12CCC(=O)C(C(F)(F)F)C1CC[C@@H]1[C@@H]2CC[C@@]2(C)[C@H]1CC[C@]2(C)O. The first-order valence-corrected chi connectivity index (χ1v) is 10.2. The molecule has 148 valence electrons. The van der Waals surface area contributed by atoms with E-state index in [1.807, 2.05) is 13.8 Å². The Morgan fingerprint density at radius 3 is 2.23 bits per heavy atom. The van der Waals surface area contributed by atoms with Gasteiger partial charge in [0.2, 0.25) is 0 Å². The maximum Gasteiger partial charge on any atom is 0.398 e. The number of hydrogen-bond donors (Lipinski definition) is 1. The van der Waals surface area contributed by atoms with Gasteiger partial charge >= 0.3 is 6.18 Å². The minimum absolute atomic E-state index is 0.0695. The Labute approximate surface area is 153 Å². The van der Waals surface area contributed by atoms with Gasteiger partial charge in [0.15, 0.2) is 0 Å². The van der Waals surface area contributed by atoms with Crippen molar-refractivity contribution < 1.29 is 23.1 Å². The van der Waals surface area contributed by atoms with Crippen LogP contribution in [-0.4, -0.2) is 22.7 Å². The molecule has 4 rings (SSSR count). The number of carbonyl (C=O) groups excluding carboxylic acids is 1. The molecule has 26 heavy (non-hydrogen) atoms. The lowest BCUT2D eigenvalue weighted by molar-refractivity contribution is -0.228. The minimum atomic E-state index is -4.42. The molecule has 0 aromatic heterocycles. The van der Waals surface area contributed by atoms with Gasteiger partial charge in [-0.25, -0.2) is 0 Å². The van der Waals surface area contributed by atoms with Gasteiger partial charge in [-0.3, -0.25) is 4.79 Å². The highest BCUT2D eigenvalue weighted by Gasteiger charge is 2.66. The van der Waals surface area contributed by atoms with E-state index < -0.39 is 34.8 Å². The van der Waals surface area contributed by atoms with Gasteiger partial charge in [-0.1, -0.05) is 13.8 Å². The Balaban J connectivity index is 1.68. The molecule has 0 radical (unpaired) electrons. The zero-order chi connectivity index (χ0) is 19.1. The molecule has 8 atom stereocenters. The van der Waals surface area contributed by atoms with Crippen molar-refractivity contribution in [1.82, 2.24) is 0 Å². The van der Waals surface area contributed by atoms with Crippen molar-refractivity contribution in [1.29, 1.82) is 0 Å². The summed E-state index contributed by atoms with van der Waals surface area (Å²) >= 11 is 0. The fraction of sp³-hybridized carbons (Fsp3) is 0.952. The molecular formula is C21H31F3O2. The number of fused-ring (bicyclic) bond motifs is 5. The van der Waals surface area contributed by atoms with E-state index in [-0.39, 0.29) is 17.8 Å². The van der Waals surface area contributed by atoms with Gasteiger partial charge in [-0.05, 0) is 86.4 Å². The first-order valence-electron chi connectivity index (χ1n) is 10.2. The standard InChI is InChI=1S/C21H31F3O2/c1-18-9-8-16(25)17(21(22,23)24)15(18)5-4-12-13(18)6-10-19(2)14(12)7-11-20(19,3)26/h12-15,17,26H,4-11H2,1-3H3/t12-,13+,14+,15?,17?,18-,19+,20+/m1/s1. The van der Waals surface area contributed by atoms with Crippen LogP contribution in [0.2, 0.25) is 0 Å². The van der Waals surface area contributed by atoms with Crippen LogP contribution in [0.1, 0.15) is 72.1 Å². The van der Waals surface area contributed by atoms with Crippen molar-refractivity contribution in [2.75, 3.05) is 0 Å². The van der Waals surface area contributed by atoms with Crippen molar-refractivity contribution in [3.05, 3.63) is 0 Å². The van der Waals surface area contributed by atoms with Crippen molar-refractivity contribution in [2.45, 2.75) is 83.9 Å². The van der Waals surface area contributed by atoms with E-state index in [9.17, 15) is 23.1 Å². The molecule has 0 aromatic rings. The second-order valence-corrected chi connectivity index (χ2v) is 10.3. The van der Waals surface area contributed by atoms with Crippen LogP contribution >= 0.6 is 0 Å². The third kappa shape index (κ3) is 2.31. The lowest BCUT2D eigenvalue weighted by Gasteiger charge is -2.62. The molecule has 4 aliphatic rings. The van der Waals surface area contributed by atoms with Crippen LogP contribution in [-0.2, 0) is 4.79 Å². The van der Waals surface area contributed by atoms with Gasteiger partial charge in [0.05, 0.1) is 5.60 Å². The van der Waals surface area contributed by atoms with Gasteiger partial charge < -0.3 is 5.11 Å². The second kappa shape index (κ2) is 5.48. The Morgan fingerprint density at radius 2 is 1.58 bits per heavy atom. The molecule has 1 N–H and O–H groups in total. The zero-order valence-corrected chi connectivity index (χ0v) is 16.0. The molecule has 4 fully saturated rings. The third-order valence-corrected chi connectivity index (χ3v) is 9.52. The van der Waals surface area contributed by atoms with Crippen LogP contribution in [0.5, 0.6) is 0 Å². The highest BCUT2D eigenvalue weighted by molar-refractivity contribution is 5.83. The number of Topliss-reactive ketones (excluding diaryl/α,β-unsaturated/α-hetero) is 1. The quantitative estimate of drug-likeness (QED) is 0.639. The predicted octanol–water partition coefficient (Wildman–Crippen LogP) is 5.14. The van der Waals surface area contributed by atoms with E-state index in [4.69, 9.17) is 0 Å². The van der Waals surface area contributed by atoms with Gasteiger partial charge in [-0.15, -0.1) is 0 Å². The number of carbonyl (C=O) groups is 1. The molecule has 4 saturated carbocycles. The summed E-state index contributed by atoms with van der Waals surface area (Å²) in [6.07, 6.45) is 1.08. The van der Waals surface area contributed by atoms with E-state index in [0.717, 1.165) is 32.1 Å². The van der Waals surface area contributed by atoms with Crippen molar-refractivity contribution >= 4 is 5.78 Å². The summed E-state index contributed by atoms with van der Waals surface area (Å²) in [6.45, 7) is 6.17. The molecule has 0 aliphatic heterocycles. The molecule has 0 spiro atoms. The fourth-order valence-corrected chi connectivity index (χ4v) is 7.83. The average molecular weight is 372 g/mol. The lowest BCUT2D eigenvalue weighted by Crippen LogP contribution is -2.59. The van der Waals surface area contributed by atoms with Crippen molar-refractivity contribution in [2.24, 2.45) is 40.4 Å². The summed E-state index contributed by atoms with van der Waals surface area (Å²) in [5, 5.41) is 10.9. The molecule has 2 nitrogen and oxygen atoms in total. The Morgan fingerprint density at radius 1 is 0.923 bits per heavy atom. The van der Waals surface area contributed by atoms with Crippen LogP contribution in [0.3, 0.4) is 0 Å². The summed E-state index contributed by atoms with van der Waals surface area (Å²) in [5.41, 5.74) is -1.19. The number of ketones is 1. The Kier molecular flexibility index (Phi) is 3.96. The third-order valence-electron chi connectivity index (χ3n) is 9.52. The van der Waals surface area contributed by atoms with Crippen LogP contribution in [0, 0.1) is 40.4 Å². The summed E-state index contributed by atoms with van der Waals surface area (Å²) in [6, 6.07) is 0. The molecule has 0 bridgehead atoms. The molecule has 0 aromatic carbocycles. The maximum absolute atomic E-state index is 13.7. The van der Waals surface area contributed by atoms with Crippen LogP contribution in [0.25, 0.3) is 0 Å². The fourth-order valence-electron chi connectivity index (χ4n) is 7.83. The smallest absolute Gasteiger partial charge is 0.390 e. The Bertz CT molecular complexity index is 613. The summed E-state index contributed by atoms with van der Waals surface area (Å²) in [4.78, 5) is 12.2. The molecule has 0 saturated heterocycles. The number of alkyl halides is 3. The molecule has 4 aliphatic carbocycles. The first-order chi connectivity index (χ1) is 11.9. The van der Waals surface area contributed by atoms with Crippen LogP contribution in [0.15, 0.2) is 0 Å². The van der Waals surface area contributed by atoms with Gasteiger partial charge in [0.1, 0.15) is 11.7 Å². The monoisotopic (exact) mass is 372 g/mol. The summed E-state index contributed by atoms with van der Waals surface area (Å²) < 4.78 is 41.0. The average Bonchev–Trinajstić information content (AvgIpc) is 2.77. The van der Waals surface area contributed by atoms with E-state index in [1.165, 1.54) is 0 Å². The van der Waals surface area contributed by atoms with E-state index in [2.05, 4.69) is 6.92 Å². The van der Waals surface area contributed by atoms with E-state index >= 15 is 0 Å². The lowest BCUT2D eigenvalue weighted by atomic mass is 9.43. The van der Waals surface area contributed by atoms with E-state index in [1.54, 1.807) is 0 Å². The number of rotatable bonds is 0. The highest BCUT2D eigenvalue weighted by Crippen LogP contribution is 2.69. The topological polar surface area (TPSA) is 37.3 Å². The van der Waals surface area contributed by atoms with Gasteiger partial charge in [0.25, 0.3) is 0 Å². The molecule has 2 unspecified atom stereocenters. The normalized spacial score (nSPS) is 54.4. The van der Waals surface area contributed by atoms with Gasteiger partial charge in [0, 0.05) is 6.42 Å². The molecule has 5 heteroatoms. The number of hydrogen-bond acceptors (Lipinski definition) is 2. The first kappa shape index (κ1) is 18.8. The predicted molar refractivity (Wildman–Crippen MR) is 92.3 cm³/mol. The molecule has 0 amide bonds. The van der Waals surface area contributed by atoms with E-state index in [0.29, 0.717) is 24.7 Å². The zero-order valence-electron chi connectivity index (χ0n) is 16.0. The molecular weight excluding hydrogens is 341 g/mol. The van der Waals surface area contributed by atoms with Gasteiger partial charge in [-0.2, -0.15) is 13.2 Å². The highest BCUT2D eigenvalue weighted by atomic mass is 19.4. The minimum Gasteiger partial charge on any atom is -0.390 e. The van der Waals surface area contributed by atoms with Crippen molar-refractivity contribution in [3.8, 4) is 0 Å².